The SMILES string of the molecule is O=C(NC[C@H](O)c1ccc(F)cc1F)c1ccc(F)cc1. The first-order chi connectivity index (χ1) is 9.97. The molecule has 0 heterocycles. The summed E-state index contributed by atoms with van der Waals surface area (Å²) in [5.41, 5.74) is 0.0963. The van der Waals surface area contributed by atoms with Gasteiger partial charge >= 0.3 is 0 Å². The van der Waals surface area contributed by atoms with Crippen LogP contribution in [-0.4, -0.2) is 17.6 Å². The fourth-order valence-electron chi connectivity index (χ4n) is 1.77. The molecule has 0 aromatic heterocycles. The fourth-order valence-corrected chi connectivity index (χ4v) is 1.77. The van der Waals surface area contributed by atoms with E-state index in [-0.39, 0.29) is 17.7 Å². The molecule has 0 saturated carbocycles. The Morgan fingerprint density at radius 1 is 1.05 bits per heavy atom. The molecule has 0 saturated heterocycles. The van der Waals surface area contributed by atoms with Gasteiger partial charge in [0.1, 0.15) is 17.5 Å². The summed E-state index contributed by atoms with van der Waals surface area (Å²) < 4.78 is 38.9. The van der Waals surface area contributed by atoms with Gasteiger partial charge in [-0.25, -0.2) is 13.2 Å². The minimum absolute atomic E-state index is 0.115. The number of nitrogens with one attached hydrogen (secondary N) is 1. The normalized spacial score (nSPS) is 12.0. The third-order valence-electron chi connectivity index (χ3n) is 2.88. The maximum atomic E-state index is 13.4. The molecular formula is C15H12F3NO2. The monoisotopic (exact) mass is 295 g/mol. The largest absolute Gasteiger partial charge is 0.386 e. The van der Waals surface area contributed by atoms with Crippen molar-refractivity contribution in [1.29, 1.82) is 0 Å². The minimum Gasteiger partial charge on any atom is -0.386 e. The van der Waals surface area contributed by atoms with Crippen LogP contribution in [0.5, 0.6) is 0 Å². The van der Waals surface area contributed by atoms with Crippen LogP contribution in [0.1, 0.15) is 22.0 Å². The lowest BCUT2D eigenvalue weighted by molar-refractivity contribution is 0.0914. The van der Waals surface area contributed by atoms with E-state index in [2.05, 4.69) is 5.32 Å². The molecule has 2 rings (SSSR count). The molecule has 21 heavy (non-hydrogen) atoms. The molecule has 0 aliphatic rings. The van der Waals surface area contributed by atoms with Gasteiger partial charge in [0, 0.05) is 23.7 Å². The van der Waals surface area contributed by atoms with Crippen LogP contribution in [0.2, 0.25) is 0 Å². The van der Waals surface area contributed by atoms with E-state index in [4.69, 9.17) is 0 Å². The molecule has 2 N–H and O–H groups in total. The van der Waals surface area contributed by atoms with Gasteiger partial charge in [-0.05, 0) is 30.3 Å². The summed E-state index contributed by atoms with van der Waals surface area (Å²) in [6.07, 6.45) is -1.31. The maximum absolute atomic E-state index is 13.4. The predicted molar refractivity (Wildman–Crippen MR) is 70.1 cm³/mol. The third kappa shape index (κ3) is 3.82. The van der Waals surface area contributed by atoms with E-state index in [1.807, 2.05) is 0 Å². The van der Waals surface area contributed by atoms with E-state index in [0.717, 1.165) is 24.3 Å². The van der Waals surface area contributed by atoms with Crippen molar-refractivity contribution in [1.82, 2.24) is 5.32 Å². The molecule has 0 radical (unpaired) electrons. The number of carbonyl (C=O) groups is 1. The maximum Gasteiger partial charge on any atom is 0.251 e. The molecule has 0 aliphatic carbocycles. The van der Waals surface area contributed by atoms with Crippen LogP contribution in [0.25, 0.3) is 0 Å². The van der Waals surface area contributed by atoms with Crippen LogP contribution in [0.3, 0.4) is 0 Å². The first-order valence-electron chi connectivity index (χ1n) is 6.14. The lowest BCUT2D eigenvalue weighted by Crippen LogP contribution is -2.28. The van der Waals surface area contributed by atoms with E-state index in [1.54, 1.807) is 0 Å². The van der Waals surface area contributed by atoms with Crippen LogP contribution in [0, 0.1) is 17.5 Å². The Morgan fingerprint density at radius 3 is 2.29 bits per heavy atom. The molecule has 0 spiro atoms. The number of aliphatic hydroxyl groups excluding tert-OH is 1. The lowest BCUT2D eigenvalue weighted by Gasteiger charge is -2.13. The van der Waals surface area contributed by atoms with Gasteiger partial charge in [-0.2, -0.15) is 0 Å². The molecule has 110 valence electrons. The molecule has 1 amide bonds. The number of hydrogen-bond donors (Lipinski definition) is 2. The highest BCUT2D eigenvalue weighted by Gasteiger charge is 2.15. The van der Waals surface area contributed by atoms with Gasteiger partial charge in [0.05, 0.1) is 6.10 Å². The van der Waals surface area contributed by atoms with E-state index >= 15 is 0 Å². The summed E-state index contributed by atoms with van der Waals surface area (Å²) in [6, 6.07) is 7.62. The average molecular weight is 295 g/mol. The van der Waals surface area contributed by atoms with Crippen LogP contribution >= 0.6 is 0 Å². The lowest BCUT2D eigenvalue weighted by atomic mass is 10.1. The summed E-state index contributed by atoms with van der Waals surface area (Å²) in [5, 5.41) is 12.2. The molecule has 6 heteroatoms. The number of halogens is 3. The molecular weight excluding hydrogens is 283 g/mol. The molecule has 0 aliphatic heterocycles. The highest BCUT2D eigenvalue weighted by atomic mass is 19.1. The summed E-state index contributed by atoms with van der Waals surface area (Å²) in [4.78, 5) is 11.7. The topological polar surface area (TPSA) is 49.3 Å². The number of rotatable bonds is 4. The first kappa shape index (κ1) is 15.1. The van der Waals surface area contributed by atoms with Gasteiger partial charge in [0.25, 0.3) is 5.91 Å². The zero-order chi connectivity index (χ0) is 15.4. The van der Waals surface area contributed by atoms with Gasteiger partial charge in [0.15, 0.2) is 0 Å². The highest BCUT2D eigenvalue weighted by Crippen LogP contribution is 2.17. The second-order valence-electron chi connectivity index (χ2n) is 4.40. The van der Waals surface area contributed by atoms with Gasteiger partial charge < -0.3 is 10.4 Å². The van der Waals surface area contributed by atoms with Gasteiger partial charge in [-0.15, -0.1) is 0 Å². The van der Waals surface area contributed by atoms with Crippen LogP contribution in [0.15, 0.2) is 42.5 Å². The van der Waals surface area contributed by atoms with Crippen molar-refractivity contribution in [2.24, 2.45) is 0 Å². The highest BCUT2D eigenvalue weighted by molar-refractivity contribution is 5.94. The van der Waals surface area contributed by atoms with Crippen molar-refractivity contribution in [3.63, 3.8) is 0 Å². The third-order valence-corrected chi connectivity index (χ3v) is 2.88. The van der Waals surface area contributed by atoms with Crippen LogP contribution in [0.4, 0.5) is 13.2 Å². The van der Waals surface area contributed by atoms with E-state index in [9.17, 15) is 23.1 Å². The van der Waals surface area contributed by atoms with Crippen molar-refractivity contribution < 1.29 is 23.1 Å². The number of carbonyl (C=O) groups excluding carboxylic acids is 1. The minimum atomic E-state index is -1.31. The number of benzene rings is 2. The van der Waals surface area contributed by atoms with Crippen molar-refractivity contribution in [2.45, 2.75) is 6.10 Å². The smallest absolute Gasteiger partial charge is 0.251 e. The Bertz CT molecular complexity index is 644. The summed E-state index contributed by atoms with van der Waals surface area (Å²) in [5.74, 6) is -2.64. The number of hydrogen-bond acceptors (Lipinski definition) is 2. The average Bonchev–Trinajstić information content (AvgIpc) is 2.45. The second-order valence-corrected chi connectivity index (χ2v) is 4.40. The van der Waals surface area contributed by atoms with Gasteiger partial charge in [0.2, 0.25) is 0 Å². The Morgan fingerprint density at radius 2 is 1.67 bits per heavy atom. The molecule has 0 unspecified atom stereocenters. The van der Waals surface area contributed by atoms with Gasteiger partial charge in [-0.1, -0.05) is 6.07 Å². The first-order valence-corrected chi connectivity index (χ1v) is 6.14. The Labute approximate surface area is 119 Å². The van der Waals surface area contributed by atoms with E-state index in [0.29, 0.717) is 6.07 Å². The zero-order valence-corrected chi connectivity index (χ0v) is 10.8. The van der Waals surface area contributed by atoms with Gasteiger partial charge in [-0.3, -0.25) is 4.79 Å². The molecule has 1 atom stereocenters. The zero-order valence-electron chi connectivity index (χ0n) is 10.8. The fraction of sp³-hybridized carbons (Fsp3) is 0.133. The van der Waals surface area contributed by atoms with E-state index < -0.39 is 29.5 Å². The molecule has 2 aromatic rings. The van der Waals surface area contributed by atoms with Crippen LogP contribution < -0.4 is 5.32 Å². The Balaban J connectivity index is 1.98. The molecule has 0 fully saturated rings. The van der Waals surface area contributed by atoms with Crippen molar-refractivity contribution in [3.8, 4) is 0 Å². The standard InChI is InChI=1S/C15H12F3NO2/c16-10-3-1-9(2-4-10)15(21)19-8-14(20)12-6-5-11(17)7-13(12)18/h1-7,14,20H,8H2,(H,19,21)/t14-/m0/s1. The predicted octanol–water partition coefficient (Wildman–Crippen LogP) is 2.57. The molecule has 0 bridgehead atoms. The molecule has 2 aromatic carbocycles. The summed E-state index contributed by atoms with van der Waals surface area (Å²) >= 11 is 0. The van der Waals surface area contributed by atoms with Crippen molar-refractivity contribution in [3.05, 3.63) is 71.0 Å². The quantitative estimate of drug-likeness (QED) is 0.911. The van der Waals surface area contributed by atoms with Crippen molar-refractivity contribution in [2.75, 3.05) is 6.54 Å². The van der Waals surface area contributed by atoms with Crippen LogP contribution in [-0.2, 0) is 0 Å². The Hall–Kier alpha value is -2.34. The molecule has 3 nitrogen and oxygen atoms in total. The van der Waals surface area contributed by atoms with Crippen molar-refractivity contribution >= 4 is 5.91 Å². The summed E-state index contributed by atoms with van der Waals surface area (Å²) in [7, 11) is 0. The number of amides is 1. The van der Waals surface area contributed by atoms with E-state index in [1.165, 1.54) is 12.1 Å². The second kappa shape index (κ2) is 6.41. The summed E-state index contributed by atoms with van der Waals surface area (Å²) in [6.45, 7) is -0.251. The number of aliphatic hydroxyl groups is 1. The Kier molecular flexibility index (Phi) is 4.59.